The zero-order valence-corrected chi connectivity index (χ0v) is 11.0. The Morgan fingerprint density at radius 1 is 1.19 bits per heavy atom. The van der Waals surface area contributed by atoms with Gasteiger partial charge in [0.25, 0.3) is 0 Å². The summed E-state index contributed by atoms with van der Waals surface area (Å²) in [6.45, 7) is 4.60. The van der Waals surface area contributed by atoms with Crippen LogP contribution in [0.4, 0.5) is 0 Å². The van der Waals surface area contributed by atoms with Crippen molar-refractivity contribution in [3.8, 4) is 0 Å². The number of amides is 1. The number of rotatable bonds is 2. The predicted octanol–water partition coefficient (Wildman–Crippen LogP) is 1.98. The van der Waals surface area contributed by atoms with Crippen LogP contribution in [-0.2, 0) is 4.79 Å². The van der Waals surface area contributed by atoms with E-state index in [2.05, 4.69) is 19.2 Å². The molecule has 94 valence electrons. The molecule has 2 rings (SSSR count). The highest BCUT2D eigenvalue weighted by atomic mass is 35.5. The Morgan fingerprint density at radius 2 is 1.69 bits per heavy atom. The van der Waals surface area contributed by atoms with Gasteiger partial charge in [-0.2, -0.15) is 0 Å². The summed E-state index contributed by atoms with van der Waals surface area (Å²) in [6.07, 6.45) is 6.34. The second-order valence-corrected chi connectivity index (χ2v) is 6.07. The minimum Gasteiger partial charge on any atom is -0.352 e. The summed E-state index contributed by atoms with van der Waals surface area (Å²) in [5, 5.41) is 3.10. The summed E-state index contributed by atoms with van der Waals surface area (Å²) < 4.78 is 0. The number of nitrogens with one attached hydrogen (secondary N) is 1. The average Bonchev–Trinajstić information content (AvgIpc) is 2.89. The quantitative estimate of drug-likeness (QED) is 0.783. The van der Waals surface area contributed by atoms with Crippen molar-refractivity contribution >= 4 is 18.3 Å². The van der Waals surface area contributed by atoms with Crippen LogP contribution in [0, 0.1) is 5.41 Å². The molecule has 2 aliphatic rings. The SMILES string of the molecule is CC1(C)CCC(NC(=O)C2(N)CC2)CC1.Cl. The maximum absolute atomic E-state index is 11.7. The summed E-state index contributed by atoms with van der Waals surface area (Å²) in [6, 6.07) is 0.367. The lowest BCUT2D eigenvalue weighted by Gasteiger charge is -2.35. The number of carbonyl (C=O) groups excluding carboxylic acids is 1. The Bertz CT molecular complexity index is 264. The van der Waals surface area contributed by atoms with E-state index in [1.807, 2.05) is 0 Å². The number of nitrogens with two attached hydrogens (primary N) is 1. The highest BCUT2D eigenvalue weighted by molar-refractivity contribution is 5.89. The first-order valence-electron chi connectivity index (χ1n) is 6.01. The first kappa shape index (κ1) is 13.8. The van der Waals surface area contributed by atoms with E-state index in [9.17, 15) is 4.79 Å². The van der Waals surface area contributed by atoms with E-state index in [-0.39, 0.29) is 18.3 Å². The molecule has 0 spiro atoms. The highest BCUT2D eigenvalue weighted by Gasteiger charge is 2.46. The van der Waals surface area contributed by atoms with Gasteiger partial charge >= 0.3 is 0 Å². The first-order chi connectivity index (χ1) is 6.91. The number of hydrogen-bond donors (Lipinski definition) is 2. The fourth-order valence-electron chi connectivity index (χ4n) is 2.23. The second kappa shape index (κ2) is 4.53. The molecule has 2 saturated carbocycles. The van der Waals surface area contributed by atoms with Crippen molar-refractivity contribution < 1.29 is 4.79 Å². The standard InChI is InChI=1S/C12H22N2O.ClH/c1-11(2)5-3-9(4-6-11)14-10(15)12(13)7-8-12;/h9H,3-8,13H2,1-2H3,(H,14,15);1H. The zero-order valence-electron chi connectivity index (χ0n) is 10.2. The van der Waals surface area contributed by atoms with Crippen LogP contribution in [0.2, 0.25) is 0 Å². The predicted molar refractivity (Wildman–Crippen MR) is 67.6 cm³/mol. The molecule has 1 amide bonds. The fourth-order valence-corrected chi connectivity index (χ4v) is 2.23. The average molecular weight is 247 g/mol. The molecule has 4 heteroatoms. The molecule has 0 saturated heterocycles. The Labute approximate surface area is 104 Å². The molecule has 2 aliphatic carbocycles. The minimum absolute atomic E-state index is 0. The Balaban J connectivity index is 0.00000128. The topological polar surface area (TPSA) is 55.1 Å². The van der Waals surface area contributed by atoms with Crippen LogP contribution in [-0.4, -0.2) is 17.5 Å². The van der Waals surface area contributed by atoms with Crippen molar-refractivity contribution in [1.82, 2.24) is 5.32 Å². The number of halogens is 1. The summed E-state index contributed by atoms with van der Waals surface area (Å²) in [5.74, 6) is 0.0761. The molecule has 3 nitrogen and oxygen atoms in total. The van der Waals surface area contributed by atoms with Gasteiger partial charge in [-0.1, -0.05) is 13.8 Å². The fraction of sp³-hybridized carbons (Fsp3) is 0.917. The molecule has 0 aromatic heterocycles. The third-order valence-corrected chi connectivity index (χ3v) is 3.92. The molecule has 0 atom stereocenters. The molecule has 0 unspecified atom stereocenters. The lowest BCUT2D eigenvalue weighted by atomic mass is 9.75. The van der Waals surface area contributed by atoms with E-state index in [1.165, 1.54) is 12.8 Å². The highest BCUT2D eigenvalue weighted by Crippen LogP contribution is 2.36. The molecule has 0 aliphatic heterocycles. The molecule has 3 N–H and O–H groups in total. The second-order valence-electron chi connectivity index (χ2n) is 6.07. The van der Waals surface area contributed by atoms with E-state index >= 15 is 0 Å². The van der Waals surface area contributed by atoms with Crippen LogP contribution in [0.15, 0.2) is 0 Å². The Hall–Kier alpha value is -0.280. The third kappa shape index (κ3) is 3.11. The lowest BCUT2D eigenvalue weighted by molar-refractivity contribution is -0.124. The van der Waals surface area contributed by atoms with Gasteiger partial charge < -0.3 is 11.1 Å². The van der Waals surface area contributed by atoms with Gasteiger partial charge in [-0.3, -0.25) is 4.79 Å². The molecular weight excluding hydrogens is 224 g/mol. The van der Waals surface area contributed by atoms with Gasteiger partial charge in [0.1, 0.15) is 0 Å². The van der Waals surface area contributed by atoms with Gasteiger partial charge in [-0.15, -0.1) is 12.4 Å². The number of hydrogen-bond acceptors (Lipinski definition) is 2. The minimum atomic E-state index is -0.507. The molecule has 0 aromatic rings. The zero-order chi connectivity index (χ0) is 11.1. The van der Waals surface area contributed by atoms with Crippen LogP contribution >= 0.6 is 12.4 Å². The van der Waals surface area contributed by atoms with Crippen LogP contribution < -0.4 is 11.1 Å². The summed E-state index contributed by atoms with van der Waals surface area (Å²) >= 11 is 0. The van der Waals surface area contributed by atoms with Gasteiger partial charge in [-0.05, 0) is 43.9 Å². The van der Waals surface area contributed by atoms with Crippen molar-refractivity contribution in [3.05, 3.63) is 0 Å². The van der Waals surface area contributed by atoms with E-state index in [0.29, 0.717) is 11.5 Å². The van der Waals surface area contributed by atoms with Crippen molar-refractivity contribution in [2.24, 2.45) is 11.1 Å². The maximum Gasteiger partial charge on any atom is 0.240 e. The molecular formula is C12H23ClN2O. The summed E-state index contributed by atoms with van der Waals surface area (Å²) in [5.41, 5.74) is 5.80. The van der Waals surface area contributed by atoms with Gasteiger partial charge in [0.15, 0.2) is 0 Å². The molecule has 2 fully saturated rings. The van der Waals surface area contributed by atoms with Crippen LogP contribution in [0.5, 0.6) is 0 Å². The Kier molecular flexibility index (Phi) is 3.91. The monoisotopic (exact) mass is 246 g/mol. The smallest absolute Gasteiger partial charge is 0.240 e. The van der Waals surface area contributed by atoms with Crippen LogP contribution in [0.1, 0.15) is 52.4 Å². The van der Waals surface area contributed by atoms with Gasteiger partial charge in [0.05, 0.1) is 5.54 Å². The maximum atomic E-state index is 11.7. The lowest BCUT2D eigenvalue weighted by Crippen LogP contribution is -2.48. The molecule has 0 heterocycles. The van der Waals surface area contributed by atoms with Crippen molar-refractivity contribution in [3.63, 3.8) is 0 Å². The van der Waals surface area contributed by atoms with Gasteiger partial charge in [0, 0.05) is 6.04 Å². The van der Waals surface area contributed by atoms with Crippen molar-refractivity contribution in [2.75, 3.05) is 0 Å². The van der Waals surface area contributed by atoms with Crippen molar-refractivity contribution in [1.29, 1.82) is 0 Å². The third-order valence-electron chi connectivity index (χ3n) is 3.92. The largest absolute Gasteiger partial charge is 0.352 e. The van der Waals surface area contributed by atoms with Crippen LogP contribution in [0.25, 0.3) is 0 Å². The van der Waals surface area contributed by atoms with E-state index in [0.717, 1.165) is 25.7 Å². The Morgan fingerprint density at radius 3 is 2.12 bits per heavy atom. The van der Waals surface area contributed by atoms with Crippen molar-refractivity contribution in [2.45, 2.75) is 64.0 Å². The van der Waals surface area contributed by atoms with E-state index in [1.54, 1.807) is 0 Å². The van der Waals surface area contributed by atoms with E-state index < -0.39 is 5.54 Å². The molecule has 0 aromatic carbocycles. The van der Waals surface area contributed by atoms with Crippen LogP contribution in [0.3, 0.4) is 0 Å². The first-order valence-corrected chi connectivity index (χ1v) is 6.01. The summed E-state index contributed by atoms with van der Waals surface area (Å²) in [7, 11) is 0. The van der Waals surface area contributed by atoms with Gasteiger partial charge in [-0.25, -0.2) is 0 Å². The van der Waals surface area contributed by atoms with Gasteiger partial charge in [0.2, 0.25) is 5.91 Å². The molecule has 0 bridgehead atoms. The number of carbonyl (C=O) groups is 1. The molecule has 0 radical (unpaired) electrons. The normalized spacial score (nSPS) is 26.7. The van der Waals surface area contributed by atoms with E-state index in [4.69, 9.17) is 5.73 Å². The molecule has 16 heavy (non-hydrogen) atoms. The summed E-state index contributed by atoms with van der Waals surface area (Å²) in [4.78, 5) is 11.7.